The molecule has 0 saturated carbocycles. The monoisotopic (exact) mass is 345 g/mol. The minimum absolute atomic E-state index is 0.0452. The Bertz CT molecular complexity index is 538. The van der Waals surface area contributed by atoms with Crippen LogP contribution in [-0.4, -0.2) is 54.5 Å². The second kappa shape index (κ2) is 9.93. The highest BCUT2D eigenvalue weighted by Crippen LogP contribution is 2.21. The fourth-order valence-corrected chi connectivity index (χ4v) is 3.56. The van der Waals surface area contributed by atoms with Gasteiger partial charge in [-0.3, -0.25) is 14.6 Å². The Morgan fingerprint density at radius 1 is 1.08 bits per heavy atom. The molecule has 0 radical (unpaired) electrons. The molecule has 1 aromatic carbocycles. The van der Waals surface area contributed by atoms with Crippen molar-refractivity contribution in [2.24, 2.45) is 0 Å². The Morgan fingerprint density at radius 3 is 2.36 bits per heavy atom. The van der Waals surface area contributed by atoms with Crippen molar-refractivity contribution in [3.63, 3.8) is 0 Å². The van der Waals surface area contributed by atoms with Crippen LogP contribution in [0.5, 0.6) is 0 Å². The number of nitrogens with zero attached hydrogens (tertiary/aromatic N) is 2. The molecule has 1 N–H and O–H groups in total. The van der Waals surface area contributed by atoms with Gasteiger partial charge in [-0.15, -0.1) is 0 Å². The van der Waals surface area contributed by atoms with Gasteiger partial charge in [-0.25, -0.2) is 0 Å². The van der Waals surface area contributed by atoms with Crippen LogP contribution in [0.3, 0.4) is 0 Å². The number of piperazine rings is 1. The van der Waals surface area contributed by atoms with E-state index in [0.29, 0.717) is 0 Å². The fraction of sp³-hybridized carbons (Fsp3) is 0.667. The van der Waals surface area contributed by atoms with E-state index >= 15 is 0 Å². The summed E-state index contributed by atoms with van der Waals surface area (Å²) in [7, 11) is 0. The minimum atomic E-state index is -0.0452. The molecule has 1 aliphatic heterocycles. The Balaban J connectivity index is 2.09. The molecule has 0 spiro atoms. The van der Waals surface area contributed by atoms with Crippen LogP contribution in [0, 0.1) is 13.8 Å². The van der Waals surface area contributed by atoms with Crippen molar-refractivity contribution in [2.45, 2.75) is 59.4 Å². The van der Waals surface area contributed by atoms with E-state index in [9.17, 15) is 4.79 Å². The lowest BCUT2D eigenvalue weighted by Gasteiger charge is -2.40. The van der Waals surface area contributed by atoms with Gasteiger partial charge in [0.15, 0.2) is 0 Å². The van der Waals surface area contributed by atoms with E-state index in [1.54, 1.807) is 0 Å². The lowest BCUT2D eigenvalue weighted by Crippen LogP contribution is -2.58. The van der Waals surface area contributed by atoms with Gasteiger partial charge in [-0.1, -0.05) is 44.9 Å². The molecule has 2 rings (SSSR count). The number of anilines is 1. The Labute approximate surface area is 153 Å². The Kier molecular flexibility index (Phi) is 7.91. The number of hydrogen-bond acceptors (Lipinski definition) is 3. The molecule has 140 valence electrons. The van der Waals surface area contributed by atoms with E-state index in [1.807, 2.05) is 6.07 Å². The summed E-state index contributed by atoms with van der Waals surface area (Å²) in [4.78, 5) is 17.9. The average Bonchev–Trinajstić information content (AvgIpc) is 2.61. The highest BCUT2D eigenvalue weighted by atomic mass is 16.2. The number of amides is 1. The quantitative estimate of drug-likeness (QED) is 0.778. The summed E-state index contributed by atoms with van der Waals surface area (Å²) in [5.41, 5.74) is 3.24. The molecule has 1 atom stereocenters. The molecule has 0 unspecified atom stereocenters. The van der Waals surface area contributed by atoms with E-state index in [1.165, 1.54) is 19.3 Å². The molecule has 4 heteroatoms. The zero-order valence-electron chi connectivity index (χ0n) is 16.5. The number of carbonyl (C=O) groups is 1. The topological polar surface area (TPSA) is 35.6 Å². The molecule has 0 aliphatic carbocycles. The van der Waals surface area contributed by atoms with Crippen LogP contribution in [0.1, 0.15) is 50.7 Å². The van der Waals surface area contributed by atoms with Crippen LogP contribution in [0.2, 0.25) is 0 Å². The van der Waals surface area contributed by atoms with Crippen molar-refractivity contribution in [1.82, 2.24) is 9.80 Å². The molecule has 1 amide bonds. The van der Waals surface area contributed by atoms with E-state index in [2.05, 4.69) is 54.9 Å². The summed E-state index contributed by atoms with van der Waals surface area (Å²) in [6.07, 6.45) is 4.74. The zero-order chi connectivity index (χ0) is 18.2. The van der Waals surface area contributed by atoms with Gasteiger partial charge in [0.05, 0.1) is 0 Å². The lowest BCUT2D eigenvalue weighted by molar-refractivity contribution is -0.123. The molecule has 1 fully saturated rings. The highest BCUT2D eigenvalue weighted by molar-refractivity contribution is 5.96. The van der Waals surface area contributed by atoms with Crippen LogP contribution in [0.15, 0.2) is 18.2 Å². The number of hydrogen-bond donors (Lipinski definition) is 1. The van der Waals surface area contributed by atoms with Gasteiger partial charge in [0, 0.05) is 25.3 Å². The van der Waals surface area contributed by atoms with Gasteiger partial charge in [-0.2, -0.15) is 0 Å². The van der Waals surface area contributed by atoms with Crippen molar-refractivity contribution in [3.8, 4) is 0 Å². The lowest BCUT2D eigenvalue weighted by atomic mass is 10.1. The van der Waals surface area contributed by atoms with Gasteiger partial charge >= 0.3 is 0 Å². The minimum Gasteiger partial charge on any atom is -0.324 e. The van der Waals surface area contributed by atoms with Crippen LogP contribution >= 0.6 is 0 Å². The standard InChI is InChI=1S/C21H35N3O/c1-5-7-12-23-14-15-24(13-8-6-2)19(16-23)21(25)22-20-17(3)10-9-11-18(20)4/h9-11,19H,5-8,12-16H2,1-4H3,(H,22,25)/t19-/m1/s1. The largest absolute Gasteiger partial charge is 0.324 e. The average molecular weight is 346 g/mol. The molecule has 0 bridgehead atoms. The van der Waals surface area contributed by atoms with Crippen molar-refractivity contribution in [1.29, 1.82) is 0 Å². The number of benzene rings is 1. The number of para-hydroxylation sites is 1. The molecule has 25 heavy (non-hydrogen) atoms. The van der Waals surface area contributed by atoms with Crippen LogP contribution in [0.25, 0.3) is 0 Å². The first kappa shape index (κ1) is 19.9. The third-order valence-corrected chi connectivity index (χ3v) is 5.23. The van der Waals surface area contributed by atoms with E-state index in [-0.39, 0.29) is 11.9 Å². The summed E-state index contributed by atoms with van der Waals surface area (Å²) in [5.74, 6) is 0.148. The second-order valence-electron chi connectivity index (χ2n) is 7.32. The summed E-state index contributed by atoms with van der Waals surface area (Å²) < 4.78 is 0. The smallest absolute Gasteiger partial charge is 0.243 e. The maximum Gasteiger partial charge on any atom is 0.243 e. The van der Waals surface area contributed by atoms with Gasteiger partial charge in [0.25, 0.3) is 0 Å². The Hall–Kier alpha value is -1.39. The first-order chi connectivity index (χ1) is 12.1. The van der Waals surface area contributed by atoms with Gasteiger partial charge < -0.3 is 5.32 Å². The molecule has 1 aromatic rings. The molecular formula is C21H35N3O. The molecule has 0 aromatic heterocycles. The summed E-state index contributed by atoms with van der Waals surface area (Å²) in [6.45, 7) is 13.6. The summed E-state index contributed by atoms with van der Waals surface area (Å²) >= 11 is 0. The number of aryl methyl sites for hydroxylation is 2. The highest BCUT2D eigenvalue weighted by Gasteiger charge is 2.32. The van der Waals surface area contributed by atoms with Crippen molar-refractivity contribution in [2.75, 3.05) is 38.0 Å². The van der Waals surface area contributed by atoms with Crippen molar-refractivity contribution >= 4 is 11.6 Å². The van der Waals surface area contributed by atoms with Crippen LogP contribution < -0.4 is 5.32 Å². The number of nitrogens with one attached hydrogen (secondary N) is 1. The van der Waals surface area contributed by atoms with Crippen molar-refractivity contribution < 1.29 is 4.79 Å². The molecule has 1 aliphatic rings. The Morgan fingerprint density at radius 2 is 1.72 bits per heavy atom. The van der Waals surface area contributed by atoms with Gasteiger partial charge in [0.2, 0.25) is 5.91 Å². The first-order valence-electron chi connectivity index (χ1n) is 9.90. The summed E-state index contributed by atoms with van der Waals surface area (Å²) in [5, 5.41) is 3.22. The van der Waals surface area contributed by atoms with E-state index in [0.717, 1.165) is 56.0 Å². The van der Waals surface area contributed by atoms with Crippen LogP contribution in [-0.2, 0) is 4.79 Å². The number of carbonyl (C=O) groups excluding carboxylic acids is 1. The van der Waals surface area contributed by atoms with E-state index < -0.39 is 0 Å². The molecule has 4 nitrogen and oxygen atoms in total. The molecular weight excluding hydrogens is 310 g/mol. The van der Waals surface area contributed by atoms with Crippen LogP contribution in [0.4, 0.5) is 5.69 Å². The predicted molar refractivity (Wildman–Crippen MR) is 106 cm³/mol. The SMILES string of the molecule is CCCCN1CCN(CCCC)[C@@H](C(=O)Nc2c(C)cccc2C)C1. The molecule has 1 heterocycles. The van der Waals surface area contributed by atoms with E-state index in [4.69, 9.17) is 0 Å². The number of unbranched alkanes of at least 4 members (excludes halogenated alkanes) is 2. The number of rotatable bonds is 8. The first-order valence-corrected chi connectivity index (χ1v) is 9.90. The third kappa shape index (κ3) is 5.55. The molecule has 1 saturated heterocycles. The summed E-state index contributed by atoms with van der Waals surface area (Å²) in [6, 6.07) is 6.12. The predicted octanol–water partition coefficient (Wildman–Crippen LogP) is 3.83. The van der Waals surface area contributed by atoms with Gasteiger partial charge in [0.1, 0.15) is 6.04 Å². The second-order valence-corrected chi connectivity index (χ2v) is 7.32. The fourth-order valence-electron chi connectivity index (χ4n) is 3.56. The van der Waals surface area contributed by atoms with Crippen molar-refractivity contribution in [3.05, 3.63) is 29.3 Å². The van der Waals surface area contributed by atoms with Gasteiger partial charge in [-0.05, 0) is 50.9 Å². The third-order valence-electron chi connectivity index (χ3n) is 5.23. The maximum absolute atomic E-state index is 13.1. The zero-order valence-corrected chi connectivity index (χ0v) is 16.5. The maximum atomic E-state index is 13.1. The normalized spacial score (nSPS) is 19.1.